The van der Waals surface area contributed by atoms with Crippen LogP contribution in [-0.2, 0) is 21.4 Å². The maximum Gasteiger partial charge on any atom is 0.337 e. The number of anilines is 1. The Kier molecular flexibility index (Phi) is 7.93. The van der Waals surface area contributed by atoms with Crippen LogP contribution in [0.4, 0.5) is 10.1 Å². The minimum Gasteiger partial charge on any atom is -0.487 e. The number of halogens is 1. The topological polar surface area (TPSA) is 85.8 Å². The van der Waals surface area contributed by atoms with Crippen molar-refractivity contribution in [2.24, 2.45) is 0 Å². The SMILES string of the molecule is COC(=O)c1ccc(COc2cc(C)c(C)cc2N(CC(C)F)S(=O)(=O)c2nc(C)cs2)cc1. The normalized spacial score (nSPS) is 12.3. The van der Waals surface area contributed by atoms with Crippen LogP contribution in [0.15, 0.2) is 46.1 Å². The third kappa shape index (κ3) is 5.74. The lowest BCUT2D eigenvalue weighted by molar-refractivity contribution is 0.0600. The van der Waals surface area contributed by atoms with Gasteiger partial charge in [-0.1, -0.05) is 12.1 Å². The van der Waals surface area contributed by atoms with Crippen molar-refractivity contribution >= 4 is 33.0 Å². The summed E-state index contributed by atoms with van der Waals surface area (Å²) in [6, 6.07) is 10.1. The van der Waals surface area contributed by atoms with Gasteiger partial charge in [-0.2, -0.15) is 8.42 Å². The molecule has 34 heavy (non-hydrogen) atoms. The van der Waals surface area contributed by atoms with Crippen LogP contribution in [0.3, 0.4) is 0 Å². The molecule has 1 atom stereocenters. The third-order valence-corrected chi connectivity index (χ3v) is 8.27. The highest BCUT2D eigenvalue weighted by Gasteiger charge is 2.31. The van der Waals surface area contributed by atoms with Gasteiger partial charge in [-0.15, -0.1) is 11.3 Å². The van der Waals surface area contributed by atoms with E-state index in [0.29, 0.717) is 17.0 Å². The Morgan fingerprint density at radius 2 is 1.79 bits per heavy atom. The second kappa shape index (κ2) is 10.5. The Morgan fingerprint density at radius 1 is 1.15 bits per heavy atom. The van der Waals surface area contributed by atoms with E-state index in [9.17, 15) is 17.6 Å². The Morgan fingerprint density at radius 3 is 2.35 bits per heavy atom. The Balaban J connectivity index is 1.99. The van der Waals surface area contributed by atoms with E-state index in [4.69, 9.17) is 9.47 Å². The summed E-state index contributed by atoms with van der Waals surface area (Å²) in [5.74, 6) is -0.139. The molecule has 0 bridgehead atoms. The van der Waals surface area contributed by atoms with Gasteiger partial charge in [-0.25, -0.2) is 14.2 Å². The van der Waals surface area contributed by atoms with Gasteiger partial charge in [0.05, 0.1) is 24.9 Å². The molecule has 0 aliphatic heterocycles. The molecule has 1 heterocycles. The Bertz CT molecular complexity index is 1270. The number of methoxy groups -OCH3 is 1. The molecule has 1 unspecified atom stereocenters. The molecule has 0 fully saturated rings. The van der Waals surface area contributed by atoms with E-state index in [1.165, 1.54) is 14.0 Å². The molecular formula is C24H27FN2O5S2. The van der Waals surface area contributed by atoms with E-state index < -0.39 is 22.2 Å². The van der Waals surface area contributed by atoms with Crippen LogP contribution >= 0.6 is 11.3 Å². The molecule has 1 aromatic heterocycles. The van der Waals surface area contributed by atoms with Crippen molar-refractivity contribution in [3.8, 4) is 5.75 Å². The fourth-order valence-corrected chi connectivity index (χ4v) is 5.87. The molecule has 0 aliphatic carbocycles. The van der Waals surface area contributed by atoms with E-state index in [0.717, 1.165) is 32.3 Å². The minimum absolute atomic E-state index is 0.103. The molecule has 3 aromatic rings. The lowest BCUT2D eigenvalue weighted by Crippen LogP contribution is -2.36. The van der Waals surface area contributed by atoms with Crippen molar-refractivity contribution in [1.29, 1.82) is 0 Å². The number of aromatic nitrogens is 1. The number of aryl methyl sites for hydroxylation is 3. The largest absolute Gasteiger partial charge is 0.487 e. The number of benzene rings is 2. The summed E-state index contributed by atoms with van der Waals surface area (Å²) >= 11 is 0.994. The monoisotopic (exact) mass is 506 g/mol. The average molecular weight is 507 g/mol. The molecule has 0 saturated heterocycles. The van der Waals surface area contributed by atoms with Crippen molar-refractivity contribution in [2.75, 3.05) is 18.0 Å². The first-order valence-electron chi connectivity index (χ1n) is 10.5. The van der Waals surface area contributed by atoms with Crippen LogP contribution in [0, 0.1) is 20.8 Å². The first-order chi connectivity index (χ1) is 16.0. The molecule has 0 saturated carbocycles. The fourth-order valence-electron chi connectivity index (χ4n) is 3.20. The van der Waals surface area contributed by atoms with Crippen molar-refractivity contribution in [3.63, 3.8) is 0 Å². The quantitative estimate of drug-likeness (QED) is 0.380. The number of carbonyl (C=O) groups excluding carboxylic acids is 1. The van der Waals surface area contributed by atoms with Crippen molar-refractivity contribution in [2.45, 2.75) is 44.8 Å². The summed E-state index contributed by atoms with van der Waals surface area (Å²) in [4.78, 5) is 15.8. The summed E-state index contributed by atoms with van der Waals surface area (Å²) in [7, 11) is -2.80. The van der Waals surface area contributed by atoms with Gasteiger partial charge in [0, 0.05) is 11.1 Å². The molecule has 7 nitrogen and oxygen atoms in total. The number of esters is 1. The second-order valence-corrected chi connectivity index (χ2v) is 10.8. The highest BCUT2D eigenvalue weighted by Crippen LogP contribution is 2.36. The van der Waals surface area contributed by atoms with Gasteiger partial charge in [0.1, 0.15) is 18.5 Å². The van der Waals surface area contributed by atoms with Gasteiger partial charge in [-0.05, 0) is 68.7 Å². The van der Waals surface area contributed by atoms with Crippen LogP contribution in [0.5, 0.6) is 5.75 Å². The zero-order valence-corrected chi connectivity index (χ0v) is 21.3. The second-order valence-electron chi connectivity index (χ2n) is 7.95. The molecule has 0 spiro atoms. The van der Waals surface area contributed by atoms with Gasteiger partial charge in [0.2, 0.25) is 4.34 Å². The van der Waals surface area contributed by atoms with E-state index in [-0.39, 0.29) is 23.2 Å². The smallest absolute Gasteiger partial charge is 0.337 e. The molecule has 3 rings (SSSR count). The fraction of sp³-hybridized carbons (Fsp3) is 0.333. The van der Waals surface area contributed by atoms with Crippen LogP contribution < -0.4 is 9.04 Å². The zero-order valence-electron chi connectivity index (χ0n) is 19.7. The van der Waals surface area contributed by atoms with E-state index in [1.54, 1.807) is 48.7 Å². The molecule has 182 valence electrons. The number of alkyl halides is 1. The van der Waals surface area contributed by atoms with Crippen LogP contribution in [0.2, 0.25) is 0 Å². The maximum atomic E-state index is 14.2. The number of thiazole rings is 1. The number of hydrogen-bond donors (Lipinski definition) is 0. The molecule has 0 amide bonds. The van der Waals surface area contributed by atoms with E-state index >= 15 is 0 Å². The van der Waals surface area contributed by atoms with Gasteiger partial charge < -0.3 is 9.47 Å². The number of carbonyl (C=O) groups is 1. The van der Waals surface area contributed by atoms with Crippen LogP contribution in [0.1, 0.15) is 39.7 Å². The first kappa shape index (κ1) is 25.6. The zero-order chi connectivity index (χ0) is 25.0. The molecule has 0 aliphatic rings. The molecule has 0 radical (unpaired) electrons. The number of sulfonamides is 1. The molecule has 0 N–H and O–H groups in total. The number of hydrogen-bond acceptors (Lipinski definition) is 7. The third-order valence-electron chi connectivity index (χ3n) is 5.14. The number of rotatable bonds is 9. The molecule has 2 aromatic carbocycles. The number of ether oxygens (including phenoxy) is 2. The van der Waals surface area contributed by atoms with Gasteiger partial charge in [0.15, 0.2) is 0 Å². The predicted octanol–water partition coefficient (Wildman–Crippen LogP) is 4.99. The first-order valence-corrected chi connectivity index (χ1v) is 12.8. The summed E-state index contributed by atoms with van der Waals surface area (Å²) < 4.78 is 52.7. The highest BCUT2D eigenvalue weighted by molar-refractivity contribution is 7.94. The van der Waals surface area contributed by atoms with Crippen molar-refractivity contribution in [3.05, 3.63) is 69.7 Å². The van der Waals surface area contributed by atoms with E-state index in [1.807, 2.05) is 13.8 Å². The standard InChI is InChI=1S/C24H27FN2O5S2/c1-15-10-21(27(12-17(3)25)34(29,30)24-26-18(4)14-33-24)22(11-16(15)2)32-13-19-6-8-20(9-7-19)23(28)31-5/h6-11,14,17H,12-13H2,1-5H3. The predicted molar refractivity (Wildman–Crippen MR) is 130 cm³/mol. The maximum absolute atomic E-state index is 14.2. The summed E-state index contributed by atoms with van der Waals surface area (Å²) in [5, 5.41) is 1.64. The Hall–Kier alpha value is -2.98. The Labute approximate surface area is 203 Å². The highest BCUT2D eigenvalue weighted by atomic mass is 32.2. The van der Waals surface area contributed by atoms with Gasteiger partial charge in [0.25, 0.3) is 10.0 Å². The number of nitrogens with zero attached hydrogens (tertiary/aromatic N) is 2. The average Bonchev–Trinajstić information content (AvgIpc) is 3.25. The van der Waals surface area contributed by atoms with Gasteiger partial charge in [-0.3, -0.25) is 4.31 Å². The van der Waals surface area contributed by atoms with E-state index in [2.05, 4.69) is 4.98 Å². The van der Waals surface area contributed by atoms with Crippen LogP contribution in [-0.4, -0.2) is 39.2 Å². The van der Waals surface area contributed by atoms with Crippen molar-refractivity contribution < 1.29 is 27.1 Å². The van der Waals surface area contributed by atoms with Crippen molar-refractivity contribution in [1.82, 2.24) is 4.98 Å². The summed E-state index contributed by atoms with van der Waals surface area (Å²) in [6.45, 7) is 6.48. The summed E-state index contributed by atoms with van der Waals surface area (Å²) in [5.41, 5.74) is 3.73. The summed E-state index contributed by atoms with van der Waals surface area (Å²) in [6.07, 6.45) is -1.42. The molecule has 10 heteroatoms. The lowest BCUT2D eigenvalue weighted by Gasteiger charge is -2.27. The van der Waals surface area contributed by atoms with Crippen LogP contribution in [0.25, 0.3) is 0 Å². The molecular weight excluding hydrogens is 479 g/mol. The lowest BCUT2D eigenvalue weighted by atomic mass is 10.1. The van der Waals surface area contributed by atoms with Gasteiger partial charge >= 0.3 is 5.97 Å². The minimum atomic E-state index is -4.11.